The lowest BCUT2D eigenvalue weighted by Crippen LogP contribution is -2.03. The van der Waals surface area contributed by atoms with Crippen LogP contribution in [0.2, 0.25) is 5.02 Å². The average molecular weight is 374 g/mol. The number of hydrogen-bond donors (Lipinski definition) is 1. The molecule has 0 bridgehead atoms. The summed E-state index contributed by atoms with van der Waals surface area (Å²) >= 11 is 8.39. The molecule has 0 unspecified atom stereocenters. The Balaban J connectivity index is 2.12. The summed E-state index contributed by atoms with van der Waals surface area (Å²) in [5, 5.41) is 0.600. The van der Waals surface area contributed by atoms with E-state index in [0.717, 1.165) is 11.1 Å². The van der Waals surface area contributed by atoms with Crippen molar-refractivity contribution in [1.29, 1.82) is 0 Å². The topological polar surface area (TPSA) is 35.2 Å². The van der Waals surface area contributed by atoms with Crippen molar-refractivity contribution in [2.75, 3.05) is 0 Å². The lowest BCUT2D eigenvalue weighted by Gasteiger charge is -2.12. The van der Waals surface area contributed by atoms with E-state index in [0.29, 0.717) is 23.9 Å². The van der Waals surface area contributed by atoms with Gasteiger partial charge in [0.05, 0.1) is 5.02 Å². The van der Waals surface area contributed by atoms with Crippen molar-refractivity contribution in [2.24, 2.45) is 5.73 Å². The van der Waals surface area contributed by atoms with Crippen LogP contribution < -0.4 is 10.5 Å². The van der Waals surface area contributed by atoms with Gasteiger partial charge in [0.25, 0.3) is 0 Å². The molecule has 0 aromatic heterocycles. The third kappa shape index (κ3) is 3.37. The zero-order valence-corrected chi connectivity index (χ0v) is 12.6. The van der Waals surface area contributed by atoms with E-state index in [4.69, 9.17) is 22.1 Å². The number of hydrogen-bond acceptors (Lipinski definition) is 2. The second-order valence-electron chi connectivity index (χ2n) is 3.85. The molecular weight excluding hydrogens is 361 g/mol. The third-order valence-electron chi connectivity index (χ3n) is 2.56. The second kappa shape index (κ2) is 6.41. The van der Waals surface area contributed by atoms with E-state index in [9.17, 15) is 0 Å². The van der Waals surface area contributed by atoms with Crippen LogP contribution in [0, 0.1) is 3.57 Å². The molecule has 4 heteroatoms. The van der Waals surface area contributed by atoms with Crippen molar-refractivity contribution in [2.45, 2.75) is 13.2 Å². The van der Waals surface area contributed by atoms with Crippen LogP contribution in [0.5, 0.6) is 5.75 Å². The van der Waals surface area contributed by atoms with Crippen molar-refractivity contribution in [3.63, 3.8) is 0 Å². The molecule has 2 rings (SSSR count). The van der Waals surface area contributed by atoms with Crippen LogP contribution in [0.4, 0.5) is 0 Å². The summed E-state index contributed by atoms with van der Waals surface area (Å²) in [4.78, 5) is 0. The molecule has 18 heavy (non-hydrogen) atoms. The third-order valence-corrected chi connectivity index (χ3v) is 3.58. The highest BCUT2D eigenvalue weighted by atomic mass is 127. The highest BCUT2D eigenvalue weighted by molar-refractivity contribution is 14.1. The van der Waals surface area contributed by atoms with Gasteiger partial charge >= 0.3 is 0 Å². The molecule has 2 aromatic rings. The van der Waals surface area contributed by atoms with Crippen molar-refractivity contribution < 1.29 is 4.74 Å². The van der Waals surface area contributed by atoms with Crippen molar-refractivity contribution >= 4 is 34.2 Å². The van der Waals surface area contributed by atoms with Gasteiger partial charge in [-0.1, -0.05) is 35.9 Å². The van der Waals surface area contributed by atoms with Gasteiger partial charge in [-0.15, -0.1) is 0 Å². The summed E-state index contributed by atoms with van der Waals surface area (Å²) in [5.74, 6) is 0.681. The van der Waals surface area contributed by atoms with E-state index in [1.807, 2.05) is 30.3 Å². The summed E-state index contributed by atoms with van der Waals surface area (Å²) in [5.41, 5.74) is 7.70. The highest BCUT2D eigenvalue weighted by Gasteiger charge is 2.07. The summed E-state index contributed by atoms with van der Waals surface area (Å²) in [7, 11) is 0. The fraction of sp³-hybridized carbons (Fsp3) is 0.143. The maximum absolute atomic E-state index is 6.12. The van der Waals surface area contributed by atoms with Gasteiger partial charge in [-0.2, -0.15) is 0 Å². The van der Waals surface area contributed by atoms with E-state index >= 15 is 0 Å². The Labute approximate surface area is 125 Å². The minimum Gasteiger partial charge on any atom is -0.487 e. The van der Waals surface area contributed by atoms with E-state index in [2.05, 4.69) is 34.7 Å². The van der Waals surface area contributed by atoms with Gasteiger partial charge in [0.1, 0.15) is 12.4 Å². The molecule has 0 saturated heterocycles. The number of halogens is 2. The fourth-order valence-corrected chi connectivity index (χ4v) is 2.22. The minimum absolute atomic E-state index is 0.419. The van der Waals surface area contributed by atoms with E-state index < -0.39 is 0 Å². The number of ether oxygens (including phenoxy) is 1. The largest absolute Gasteiger partial charge is 0.487 e. The van der Waals surface area contributed by atoms with E-state index in [-0.39, 0.29) is 0 Å². The monoisotopic (exact) mass is 373 g/mol. The minimum atomic E-state index is 0.419. The molecule has 2 nitrogen and oxygen atoms in total. The molecule has 2 N–H and O–H groups in total. The molecule has 0 spiro atoms. The molecule has 0 saturated carbocycles. The van der Waals surface area contributed by atoms with Gasteiger partial charge in [-0.3, -0.25) is 0 Å². The molecule has 0 aliphatic rings. The standard InChI is InChI=1S/C14H13ClINO/c15-13-3-1-2-11(8-17)14(13)18-9-10-4-6-12(16)7-5-10/h1-7H,8-9,17H2. The Morgan fingerprint density at radius 1 is 1.11 bits per heavy atom. The summed E-state index contributed by atoms with van der Waals surface area (Å²) in [6.45, 7) is 0.913. The Morgan fingerprint density at radius 3 is 2.50 bits per heavy atom. The molecule has 0 amide bonds. The molecule has 0 aliphatic carbocycles. The van der Waals surface area contributed by atoms with E-state index in [1.165, 1.54) is 3.57 Å². The van der Waals surface area contributed by atoms with Crippen molar-refractivity contribution in [1.82, 2.24) is 0 Å². The predicted molar refractivity (Wildman–Crippen MR) is 82.8 cm³/mol. The van der Waals surface area contributed by atoms with Gasteiger partial charge < -0.3 is 10.5 Å². The van der Waals surface area contributed by atoms with Crippen LogP contribution in [0.3, 0.4) is 0 Å². The first-order valence-corrected chi connectivity index (χ1v) is 7.01. The summed E-state index contributed by atoms with van der Waals surface area (Å²) < 4.78 is 6.98. The van der Waals surface area contributed by atoms with Crippen LogP contribution in [-0.4, -0.2) is 0 Å². The number of benzene rings is 2. The van der Waals surface area contributed by atoms with E-state index in [1.54, 1.807) is 0 Å². The van der Waals surface area contributed by atoms with Gasteiger partial charge in [0, 0.05) is 15.7 Å². The molecule has 0 aliphatic heterocycles. The van der Waals surface area contributed by atoms with Crippen LogP contribution in [0.25, 0.3) is 0 Å². The van der Waals surface area contributed by atoms with Crippen LogP contribution >= 0.6 is 34.2 Å². The van der Waals surface area contributed by atoms with Gasteiger partial charge in [0.15, 0.2) is 0 Å². The zero-order valence-electron chi connectivity index (χ0n) is 9.70. The first-order valence-electron chi connectivity index (χ1n) is 5.55. The Morgan fingerprint density at radius 2 is 1.83 bits per heavy atom. The second-order valence-corrected chi connectivity index (χ2v) is 5.50. The lowest BCUT2D eigenvalue weighted by molar-refractivity contribution is 0.303. The Bertz CT molecular complexity index is 528. The molecule has 0 heterocycles. The predicted octanol–water partition coefficient (Wildman–Crippen LogP) is 3.98. The van der Waals surface area contributed by atoms with Crippen LogP contribution in [-0.2, 0) is 13.2 Å². The Kier molecular flexibility index (Phi) is 4.86. The number of para-hydroxylation sites is 1. The SMILES string of the molecule is NCc1cccc(Cl)c1OCc1ccc(I)cc1. The average Bonchev–Trinajstić information content (AvgIpc) is 2.39. The highest BCUT2D eigenvalue weighted by Crippen LogP contribution is 2.29. The fourth-order valence-electron chi connectivity index (χ4n) is 1.61. The molecule has 2 aromatic carbocycles. The van der Waals surface area contributed by atoms with Crippen molar-refractivity contribution in [3.05, 3.63) is 62.2 Å². The van der Waals surface area contributed by atoms with Gasteiger partial charge in [-0.25, -0.2) is 0 Å². The normalized spacial score (nSPS) is 10.4. The maximum Gasteiger partial charge on any atom is 0.142 e. The molecular formula is C14H13ClINO. The molecule has 0 fully saturated rings. The molecule has 0 radical (unpaired) electrons. The first kappa shape index (κ1) is 13.6. The van der Waals surface area contributed by atoms with Crippen LogP contribution in [0.15, 0.2) is 42.5 Å². The van der Waals surface area contributed by atoms with Crippen LogP contribution in [0.1, 0.15) is 11.1 Å². The first-order chi connectivity index (χ1) is 8.70. The smallest absolute Gasteiger partial charge is 0.142 e. The zero-order chi connectivity index (χ0) is 13.0. The number of rotatable bonds is 4. The molecule has 94 valence electrons. The van der Waals surface area contributed by atoms with Gasteiger partial charge in [-0.05, 0) is 46.4 Å². The molecule has 0 atom stereocenters. The maximum atomic E-state index is 6.12. The number of nitrogens with two attached hydrogens (primary N) is 1. The summed E-state index contributed by atoms with van der Waals surface area (Å²) in [6, 6.07) is 13.8. The van der Waals surface area contributed by atoms with Gasteiger partial charge in [0.2, 0.25) is 0 Å². The quantitative estimate of drug-likeness (QED) is 0.823. The van der Waals surface area contributed by atoms with Crippen molar-refractivity contribution in [3.8, 4) is 5.75 Å². The lowest BCUT2D eigenvalue weighted by atomic mass is 10.2. The Hall–Kier alpha value is -0.780. The summed E-state index contributed by atoms with van der Waals surface area (Å²) in [6.07, 6.45) is 0.